The molecule has 0 spiro atoms. The van der Waals surface area contributed by atoms with Gasteiger partial charge in [0.05, 0.1) is 6.61 Å². The van der Waals surface area contributed by atoms with Crippen LogP contribution in [-0.4, -0.2) is 12.4 Å². The van der Waals surface area contributed by atoms with Gasteiger partial charge in [0, 0.05) is 12.3 Å². The number of hydrogen-bond acceptors (Lipinski definition) is 2. The number of carbonyl (C=O) groups is 1. The summed E-state index contributed by atoms with van der Waals surface area (Å²) in [7, 11) is 0. The lowest BCUT2D eigenvalue weighted by Gasteiger charge is -2.27. The van der Waals surface area contributed by atoms with Gasteiger partial charge in [-0.2, -0.15) is 0 Å². The summed E-state index contributed by atoms with van der Waals surface area (Å²) in [5.74, 6) is 2.06. The van der Waals surface area contributed by atoms with Crippen molar-refractivity contribution in [2.45, 2.75) is 58.3 Å². The van der Waals surface area contributed by atoms with Gasteiger partial charge in [0.1, 0.15) is 11.5 Å². The lowest BCUT2D eigenvalue weighted by molar-refractivity contribution is -0.123. The third-order valence-corrected chi connectivity index (χ3v) is 5.41. The number of hydrogen-bond donors (Lipinski definition) is 0. The number of carbonyl (C=O) groups excluding carboxylic acids is 1. The molecule has 0 aromatic heterocycles. The third-order valence-electron chi connectivity index (χ3n) is 5.41. The summed E-state index contributed by atoms with van der Waals surface area (Å²) in [6.45, 7) is 5.07. The van der Waals surface area contributed by atoms with Gasteiger partial charge in [-0.25, -0.2) is 0 Å². The Morgan fingerprint density at radius 1 is 0.885 bits per heavy atom. The molecule has 2 aromatic rings. The molecule has 0 unspecified atom stereocenters. The zero-order valence-electron chi connectivity index (χ0n) is 16.0. The molecule has 2 heteroatoms. The van der Waals surface area contributed by atoms with Crippen LogP contribution in [-0.2, 0) is 4.79 Å². The number of rotatable bonds is 7. The van der Waals surface area contributed by atoms with Crippen LogP contribution in [0.15, 0.2) is 48.5 Å². The largest absolute Gasteiger partial charge is 0.494 e. The first-order chi connectivity index (χ1) is 12.7. The molecule has 0 heterocycles. The molecule has 1 saturated carbocycles. The van der Waals surface area contributed by atoms with Crippen LogP contribution in [0.5, 0.6) is 5.75 Å². The lowest BCUT2D eigenvalue weighted by atomic mass is 9.76. The first-order valence-electron chi connectivity index (χ1n) is 10.1. The van der Waals surface area contributed by atoms with Crippen molar-refractivity contribution in [2.75, 3.05) is 6.61 Å². The fourth-order valence-electron chi connectivity index (χ4n) is 3.97. The van der Waals surface area contributed by atoms with Crippen molar-refractivity contribution < 1.29 is 9.53 Å². The second-order valence-electron chi connectivity index (χ2n) is 7.45. The van der Waals surface area contributed by atoms with E-state index in [2.05, 4.69) is 50.2 Å². The van der Waals surface area contributed by atoms with E-state index < -0.39 is 0 Å². The Balaban J connectivity index is 1.66. The van der Waals surface area contributed by atoms with Gasteiger partial charge in [-0.15, -0.1) is 0 Å². The van der Waals surface area contributed by atoms with Gasteiger partial charge in [0.2, 0.25) is 0 Å². The van der Waals surface area contributed by atoms with Crippen molar-refractivity contribution in [1.29, 1.82) is 0 Å². The van der Waals surface area contributed by atoms with Crippen LogP contribution in [0.4, 0.5) is 0 Å². The van der Waals surface area contributed by atoms with Crippen LogP contribution in [0.2, 0.25) is 0 Å². The molecule has 0 saturated heterocycles. The highest BCUT2D eigenvalue weighted by Gasteiger charge is 2.29. The van der Waals surface area contributed by atoms with Crippen molar-refractivity contribution in [3.8, 4) is 16.9 Å². The van der Waals surface area contributed by atoms with Crippen molar-refractivity contribution in [1.82, 2.24) is 0 Å². The number of ether oxygens (including phenoxy) is 1. The average molecular weight is 351 g/mol. The molecular formula is C24H30O2. The number of benzene rings is 2. The highest BCUT2D eigenvalue weighted by Crippen LogP contribution is 2.35. The van der Waals surface area contributed by atoms with Crippen molar-refractivity contribution in [3.63, 3.8) is 0 Å². The number of ketones is 1. The summed E-state index contributed by atoms with van der Waals surface area (Å²) >= 11 is 0. The van der Waals surface area contributed by atoms with Crippen LogP contribution in [0.25, 0.3) is 11.1 Å². The Hall–Kier alpha value is -2.09. The zero-order valence-corrected chi connectivity index (χ0v) is 16.0. The standard InChI is InChI=1S/C24H30O2/c1-3-5-18-6-15-23(24(25)17-18)21-9-7-19(8-10-21)20-11-13-22(14-12-20)26-16-4-2/h7-14,18,23H,3-6,15-17H2,1-2H3/t18-,23+/m0/s1. The second kappa shape index (κ2) is 9.02. The average Bonchev–Trinajstić information content (AvgIpc) is 2.67. The van der Waals surface area contributed by atoms with Crippen molar-refractivity contribution in [3.05, 3.63) is 54.1 Å². The quantitative estimate of drug-likeness (QED) is 0.578. The Morgan fingerprint density at radius 3 is 2.12 bits per heavy atom. The van der Waals surface area contributed by atoms with Gasteiger partial charge in [0.25, 0.3) is 0 Å². The SMILES string of the molecule is CCCOc1ccc(-c2ccc([C@H]3CC[C@H](CCC)CC3=O)cc2)cc1. The van der Waals surface area contributed by atoms with Crippen LogP contribution in [0, 0.1) is 5.92 Å². The summed E-state index contributed by atoms with van der Waals surface area (Å²) in [5.41, 5.74) is 3.54. The molecule has 138 valence electrons. The predicted molar refractivity (Wildman–Crippen MR) is 108 cm³/mol. The minimum absolute atomic E-state index is 0.0991. The third kappa shape index (κ3) is 4.55. The topological polar surface area (TPSA) is 26.3 Å². The fraction of sp³-hybridized carbons (Fsp3) is 0.458. The second-order valence-corrected chi connectivity index (χ2v) is 7.45. The molecule has 2 nitrogen and oxygen atoms in total. The predicted octanol–water partition coefficient (Wildman–Crippen LogP) is 6.40. The van der Waals surface area contributed by atoms with E-state index in [-0.39, 0.29) is 5.92 Å². The van der Waals surface area contributed by atoms with E-state index in [0.29, 0.717) is 11.7 Å². The van der Waals surface area contributed by atoms with E-state index in [1.807, 2.05) is 12.1 Å². The van der Waals surface area contributed by atoms with Gasteiger partial charge >= 0.3 is 0 Å². The van der Waals surface area contributed by atoms with Crippen molar-refractivity contribution >= 4 is 5.78 Å². The van der Waals surface area contributed by atoms with Gasteiger partial charge in [-0.1, -0.05) is 63.1 Å². The molecular weight excluding hydrogens is 320 g/mol. The highest BCUT2D eigenvalue weighted by molar-refractivity contribution is 5.86. The van der Waals surface area contributed by atoms with Gasteiger partial charge in [-0.3, -0.25) is 4.79 Å². The smallest absolute Gasteiger partial charge is 0.140 e. The minimum Gasteiger partial charge on any atom is -0.494 e. The van der Waals surface area contributed by atoms with Crippen LogP contribution in [0.3, 0.4) is 0 Å². The Morgan fingerprint density at radius 2 is 1.54 bits per heavy atom. The number of Topliss-reactive ketones (excluding diaryl/α,β-unsaturated/α-hetero) is 1. The van der Waals surface area contributed by atoms with Crippen LogP contribution >= 0.6 is 0 Å². The van der Waals surface area contributed by atoms with Gasteiger partial charge in [0.15, 0.2) is 0 Å². The molecule has 0 bridgehead atoms. The van der Waals surface area contributed by atoms with Gasteiger partial charge in [-0.05, 0) is 54.0 Å². The van der Waals surface area contributed by atoms with Crippen LogP contribution < -0.4 is 4.74 Å². The molecule has 1 aliphatic carbocycles. The minimum atomic E-state index is 0.0991. The summed E-state index contributed by atoms with van der Waals surface area (Å²) in [4.78, 5) is 12.5. The Labute approximate surface area is 157 Å². The maximum Gasteiger partial charge on any atom is 0.140 e. The molecule has 2 aromatic carbocycles. The first kappa shape index (κ1) is 18.7. The van der Waals surface area contributed by atoms with E-state index >= 15 is 0 Å². The Bertz CT molecular complexity index is 700. The van der Waals surface area contributed by atoms with E-state index in [0.717, 1.165) is 31.6 Å². The molecule has 3 rings (SSSR count). The normalized spacial score (nSPS) is 20.2. The summed E-state index contributed by atoms with van der Waals surface area (Å²) in [5, 5.41) is 0. The molecule has 2 atom stereocenters. The summed E-state index contributed by atoms with van der Waals surface area (Å²) in [6.07, 6.45) is 6.34. The molecule has 0 radical (unpaired) electrons. The summed E-state index contributed by atoms with van der Waals surface area (Å²) < 4.78 is 5.64. The molecule has 0 aliphatic heterocycles. The van der Waals surface area contributed by atoms with E-state index in [4.69, 9.17) is 4.74 Å². The maximum atomic E-state index is 12.5. The van der Waals surface area contributed by atoms with Crippen molar-refractivity contribution in [2.24, 2.45) is 5.92 Å². The fourth-order valence-corrected chi connectivity index (χ4v) is 3.97. The molecule has 26 heavy (non-hydrogen) atoms. The zero-order chi connectivity index (χ0) is 18.4. The lowest BCUT2D eigenvalue weighted by Crippen LogP contribution is -2.23. The van der Waals surface area contributed by atoms with Gasteiger partial charge < -0.3 is 4.74 Å². The maximum absolute atomic E-state index is 12.5. The Kier molecular flexibility index (Phi) is 6.49. The molecule has 1 aliphatic rings. The molecule has 0 amide bonds. The van der Waals surface area contributed by atoms with Crippen LogP contribution in [0.1, 0.15) is 63.9 Å². The summed E-state index contributed by atoms with van der Waals surface area (Å²) in [6, 6.07) is 16.8. The highest BCUT2D eigenvalue weighted by atomic mass is 16.5. The monoisotopic (exact) mass is 350 g/mol. The van der Waals surface area contributed by atoms with E-state index in [1.165, 1.54) is 36.0 Å². The molecule has 1 fully saturated rings. The van der Waals surface area contributed by atoms with E-state index in [1.54, 1.807) is 0 Å². The molecule has 0 N–H and O–H groups in total. The van der Waals surface area contributed by atoms with E-state index in [9.17, 15) is 4.79 Å². The first-order valence-corrected chi connectivity index (χ1v) is 10.1.